The molecule has 0 fully saturated rings. The predicted octanol–water partition coefficient (Wildman–Crippen LogP) is 2.14. The van der Waals surface area contributed by atoms with Crippen LogP contribution in [-0.2, 0) is 9.59 Å². The minimum atomic E-state index is -0.506. The molecule has 1 unspecified atom stereocenters. The summed E-state index contributed by atoms with van der Waals surface area (Å²) < 4.78 is 5.41. The lowest BCUT2D eigenvalue weighted by Gasteiger charge is -2.16. The molecule has 25 heavy (non-hydrogen) atoms. The molecule has 0 aliphatic carbocycles. The minimum absolute atomic E-state index is 0.0382. The van der Waals surface area contributed by atoms with Crippen molar-refractivity contribution in [2.24, 2.45) is 11.7 Å². The molecule has 1 aromatic carbocycles. The van der Waals surface area contributed by atoms with Gasteiger partial charge in [-0.1, -0.05) is 26.0 Å². The molecule has 0 spiro atoms. The van der Waals surface area contributed by atoms with Crippen molar-refractivity contribution in [3.05, 3.63) is 29.8 Å². The van der Waals surface area contributed by atoms with Gasteiger partial charge in [0.05, 0.1) is 18.7 Å². The molecule has 0 aliphatic heterocycles. The molecule has 0 aliphatic rings. The van der Waals surface area contributed by atoms with Crippen molar-refractivity contribution in [3.63, 3.8) is 0 Å². The number of ether oxygens (including phenoxy) is 1. The molecule has 140 valence electrons. The van der Waals surface area contributed by atoms with Crippen molar-refractivity contribution in [2.75, 3.05) is 13.2 Å². The van der Waals surface area contributed by atoms with Gasteiger partial charge >= 0.3 is 0 Å². The number of carbonyl (C=O) groups excluding carboxylic acids is 2. The minimum Gasteiger partial charge on any atom is -0.494 e. The zero-order chi connectivity index (χ0) is 18.8. The third-order valence-electron chi connectivity index (χ3n) is 3.97. The fourth-order valence-corrected chi connectivity index (χ4v) is 2.30. The van der Waals surface area contributed by atoms with E-state index in [1.54, 1.807) is 0 Å². The van der Waals surface area contributed by atoms with Gasteiger partial charge in [-0.25, -0.2) is 0 Å². The molecular formula is C19H31N3O3. The summed E-state index contributed by atoms with van der Waals surface area (Å²) in [7, 11) is 0. The Morgan fingerprint density at radius 1 is 1.16 bits per heavy atom. The molecule has 0 aromatic heterocycles. The second-order valence-corrected chi connectivity index (χ2v) is 6.46. The summed E-state index contributed by atoms with van der Waals surface area (Å²) in [6.07, 6.45) is 0.941. The molecule has 0 radical (unpaired) electrons. The Kier molecular flexibility index (Phi) is 8.99. The molecule has 2 atom stereocenters. The lowest BCUT2D eigenvalue weighted by atomic mass is 10.1. The van der Waals surface area contributed by atoms with E-state index in [2.05, 4.69) is 10.6 Å². The molecular weight excluding hydrogens is 318 g/mol. The Hall–Kier alpha value is -2.08. The molecule has 1 aromatic rings. The molecule has 4 N–H and O–H groups in total. The summed E-state index contributed by atoms with van der Waals surface area (Å²) in [5, 5.41) is 5.72. The van der Waals surface area contributed by atoms with Gasteiger partial charge in [0.2, 0.25) is 11.8 Å². The van der Waals surface area contributed by atoms with E-state index in [4.69, 9.17) is 10.5 Å². The average molecular weight is 349 g/mol. The average Bonchev–Trinajstić information content (AvgIpc) is 2.58. The largest absolute Gasteiger partial charge is 0.494 e. The zero-order valence-electron chi connectivity index (χ0n) is 15.7. The van der Waals surface area contributed by atoms with Crippen molar-refractivity contribution < 1.29 is 14.3 Å². The second kappa shape index (κ2) is 10.7. The number of hydrogen-bond donors (Lipinski definition) is 3. The predicted molar refractivity (Wildman–Crippen MR) is 99.2 cm³/mol. The Morgan fingerprint density at radius 2 is 1.80 bits per heavy atom. The van der Waals surface area contributed by atoms with E-state index in [0.29, 0.717) is 26.0 Å². The Bertz CT molecular complexity index is 543. The molecule has 6 nitrogen and oxygen atoms in total. The van der Waals surface area contributed by atoms with E-state index < -0.39 is 6.04 Å². The van der Waals surface area contributed by atoms with Crippen molar-refractivity contribution in [2.45, 2.75) is 52.6 Å². The van der Waals surface area contributed by atoms with Gasteiger partial charge in [-0.2, -0.15) is 0 Å². The van der Waals surface area contributed by atoms with Crippen LogP contribution in [0, 0.1) is 5.92 Å². The number of nitrogens with two attached hydrogens (primary N) is 1. The summed E-state index contributed by atoms with van der Waals surface area (Å²) in [6, 6.07) is 7.11. The van der Waals surface area contributed by atoms with Crippen LogP contribution in [0.5, 0.6) is 5.75 Å². The highest BCUT2D eigenvalue weighted by atomic mass is 16.5. The molecule has 0 saturated heterocycles. The van der Waals surface area contributed by atoms with Crippen LogP contribution in [0.2, 0.25) is 0 Å². The molecule has 0 heterocycles. The van der Waals surface area contributed by atoms with Gasteiger partial charge in [-0.15, -0.1) is 0 Å². The second-order valence-electron chi connectivity index (χ2n) is 6.46. The monoisotopic (exact) mass is 349 g/mol. The quantitative estimate of drug-likeness (QED) is 0.564. The first-order valence-electron chi connectivity index (χ1n) is 8.90. The molecule has 0 saturated carbocycles. The fraction of sp³-hybridized carbons (Fsp3) is 0.579. The maximum Gasteiger partial charge on any atom is 0.237 e. The van der Waals surface area contributed by atoms with Crippen LogP contribution in [0.4, 0.5) is 0 Å². The van der Waals surface area contributed by atoms with Gasteiger partial charge < -0.3 is 21.1 Å². The van der Waals surface area contributed by atoms with Crippen LogP contribution in [0.3, 0.4) is 0 Å². The van der Waals surface area contributed by atoms with E-state index in [9.17, 15) is 9.59 Å². The van der Waals surface area contributed by atoms with Crippen LogP contribution in [0.1, 0.15) is 52.1 Å². The summed E-state index contributed by atoms with van der Waals surface area (Å²) in [5.74, 6) is 0.709. The van der Waals surface area contributed by atoms with Crippen molar-refractivity contribution in [1.29, 1.82) is 0 Å². The van der Waals surface area contributed by atoms with Crippen molar-refractivity contribution >= 4 is 11.8 Å². The van der Waals surface area contributed by atoms with Gasteiger partial charge in [0.25, 0.3) is 0 Å². The number of rotatable bonds is 10. The van der Waals surface area contributed by atoms with Crippen molar-refractivity contribution in [3.8, 4) is 5.75 Å². The smallest absolute Gasteiger partial charge is 0.237 e. The molecule has 6 heteroatoms. The first-order valence-corrected chi connectivity index (χ1v) is 8.90. The Morgan fingerprint density at radius 3 is 2.36 bits per heavy atom. The lowest BCUT2D eigenvalue weighted by Crippen LogP contribution is -2.44. The van der Waals surface area contributed by atoms with Gasteiger partial charge in [-0.3, -0.25) is 9.59 Å². The topological polar surface area (TPSA) is 93.5 Å². The van der Waals surface area contributed by atoms with Crippen LogP contribution in [0.25, 0.3) is 0 Å². The van der Waals surface area contributed by atoms with Crippen molar-refractivity contribution in [1.82, 2.24) is 10.6 Å². The molecule has 0 bridgehead atoms. The van der Waals surface area contributed by atoms with E-state index in [-0.39, 0.29) is 23.8 Å². The number of hydrogen-bond acceptors (Lipinski definition) is 4. The van der Waals surface area contributed by atoms with E-state index >= 15 is 0 Å². The maximum atomic E-state index is 12.0. The van der Waals surface area contributed by atoms with E-state index in [1.807, 2.05) is 52.0 Å². The van der Waals surface area contributed by atoms with E-state index in [1.165, 1.54) is 0 Å². The summed E-state index contributed by atoms with van der Waals surface area (Å²) >= 11 is 0. The van der Waals surface area contributed by atoms with Crippen LogP contribution in [0.15, 0.2) is 24.3 Å². The van der Waals surface area contributed by atoms with Crippen LogP contribution in [-0.4, -0.2) is 31.0 Å². The third-order valence-corrected chi connectivity index (χ3v) is 3.97. The highest BCUT2D eigenvalue weighted by molar-refractivity contribution is 5.81. The highest BCUT2D eigenvalue weighted by Crippen LogP contribution is 2.17. The maximum absolute atomic E-state index is 12.0. The Balaban J connectivity index is 2.30. The van der Waals surface area contributed by atoms with Crippen LogP contribution < -0.4 is 21.1 Å². The summed E-state index contributed by atoms with van der Waals surface area (Å²) in [4.78, 5) is 23.7. The lowest BCUT2D eigenvalue weighted by molar-refractivity contribution is -0.124. The van der Waals surface area contributed by atoms with Gasteiger partial charge in [-0.05, 0) is 43.9 Å². The van der Waals surface area contributed by atoms with Crippen LogP contribution >= 0.6 is 0 Å². The normalized spacial score (nSPS) is 13.2. The SMILES string of the molecule is CCOc1ccc(C(C)NC(=O)CCCNC(=O)[C@@H](N)C(C)C)cc1. The first-order chi connectivity index (χ1) is 11.8. The third kappa shape index (κ3) is 7.56. The van der Waals surface area contributed by atoms with Gasteiger partial charge in [0.15, 0.2) is 0 Å². The molecule has 1 rings (SSSR count). The summed E-state index contributed by atoms with van der Waals surface area (Å²) in [6.45, 7) is 8.76. The number of amides is 2. The Labute approximate surface area is 150 Å². The summed E-state index contributed by atoms with van der Waals surface area (Å²) in [5.41, 5.74) is 6.78. The van der Waals surface area contributed by atoms with Gasteiger partial charge in [0, 0.05) is 13.0 Å². The zero-order valence-corrected chi connectivity index (χ0v) is 15.7. The number of nitrogens with one attached hydrogen (secondary N) is 2. The number of carbonyl (C=O) groups is 2. The standard InChI is InChI=1S/C19H31N3O3/c1-5-25-16-10-8-15(9-11-16)14(4)22-17(23)7-6-12-21-19(24)18(20)13(2)3/h8-11,13-14,18H,5-7,12,20H2,1-4H3,(H,21,24)(H,22,23)/t14?,18-/m0/s1. The highest BCUT2D eigenvalue weighted by Gasteiger charge is 2.16. The van der Waals surface area contributed by atoms with E-state index in [0.717, 1.165) is 11.3 Å². The first kappa shape index (κ1) is 21.0. The van der Waals surface area contributed by atoms with Gasteiger partial charge in [0.1, 0.15) is 5.75 Å². The molecule has 2 amide bonds. The fourth-order valence-electron chi connectivity index (χ4n) is 2.30. The number of benzene rings is 1.